The van der Waals surface area contributed by atoms with Gasteiger partial charge in [-0.2, -0.15) is 0 Å². The van der Waals surface area contributed by atoms with Gasteiger partial charge < -0.3 is 4.90 Å². The zero-order valence-corrected chi connectivity index (χ0v) is 15.6. The lowest BCUT2D eigenvalue weighted by molar-refractivity contribution is 0.732. The number of benzene rings is 3. The normalized spacial score (nSPS) is 10.0. The van der Waals surface area contributed by atoms with Gasteiger partial charge in [-0.1, -0.05) is 66.7 Å². The molecule has 2 heteroatoms. The molecule has 3 rings (SSSR count). The Morgan fingerprint density at radius 3 is 1.50 bits per heavy atom. The van der Waals surface area contributed by atoms with Gasteiger partial charge in [0.05, 0.1) is 0 Å². The summed E-state index contributed by atoms with van der Waals surface area (Å²) < 4.78 is 0. The first-order chi connectivity index (χ1) is 11.4. The van der Waals surface area contributed by atoms with Crippen LogP contribution in [0.1, 0.15) is 18.4 Å². The maximum atomic E-state index is 2.41. The summed E-state index contributed by atoms with van der Waals surface area (Å²) in [6, 6.07) is 32.1. The predicted molar refractivity (Wildman–Crippen MR) is 110 cm³/mol. The lowest BCUT2D eigenvalue weighted by atomic mass is 10.1. The summed E-state index contributed by atoms with van der Waals surface area (Å²) in [5, 5.41) is 0. The van der Waals surface area contributed by atoms with Crippen molar-refractivity contribution in [3.8, 4) is 0 Å². The predicted octanol–water partition coefficient (Wildman–Crippen LogP) is 6.43. The van der Waals surface area contributed by atoms with Gasteiger partial charge >= 0.3 is 0 Å². The fourth-order valence-corrected chi connectivity index (χ4v) is 2.87. The third-order valence-corrected chi connectivity index (χ3v) is 4.08. The monoisotopic (exact) mass is 381 g/mol. The van der Waals surface area contributed by atoms with Crippen molar-refractivity contribution in [1.29, 1.82) is 0 Å². The van der Waals surface area contributed by atoms with Gasteiger partial charge in [0, 0.05) is 17.9 Å². The van der Waals surface area contributed by atoms with E-state index in [0.717, 1.165) is 13.0 Å². The number of hydrogen-bond donors (Lipinski definition) is 0. The third-order valence-electron chi connectivity index (χ3n) is 4.08. The fraction of sp³-hybridized carbons (Fsp3) is 0.182. The van der Waals surface area contributed by atoms with E-state index in [1.807, 2.05) is 0 Å². The lowest BCUT2D eigenvalue weighted by Crippen LogP contribution is -2.18. The van der Waals surface area contributed by atoms with Gasteiger partial charge in [-0.25, -0.2) is 0 Å². The molecule has 0 aromatic heterocycles. The molecule has 3 aromatic carbocycles. The fourth-order valence-electron chi connectivity index (χ4n) is 2.87. The Balaban J connectivity index is 0.00000208. The molecule has 1 nitrogen and oxygen atoms in total. The molecule has 0 radical (unpaired) electrons. The SMILES string of the molecule is Br.c1ccc(CCCCN(c2ccccc2)c2ccccc2)cc1. The van der Waals surface area contributed by atoms with Crippen LogP contribution in [-0.2, 0) is 6.42 Å². The van der Waals surface area contributed by atoms with Crippen molar-refractivity contribution in [2.24, 2.45) is 0 Å². The summed E-state index contributed by atoms with van der Waals surface area (Å²) in [7, 11) is 0. The van der Waals surface area contributed by atoms with E-state index in [4.69, 9.17) is 0 Å². The molecule has 0 aliphatic carbocycles. The molecule has 0 amide bonds. The molecule has 0 heterocycles. The van der Waals surface area contributed by atoms with E-state index in [9.17, 15) is 0 Å². The van der Waals surface area contributed by atoms with Crippen molar-refractivity contribution >= 4 is 28.4 Å². The van der Waals surface area contributed by atoms with E-state index in [1.165, 1.54) is 29.8 Å². The van der Waals surface area contributed by atoms with Crippen molar-refractivity contribution < 1.29 is 0 Å². The number of nitrogens with zero attached hydrogens (tertiary/aromatic N) is 1. The number of rotatable bonds is 7. The van der Waals surface area contributed by atoms with Gasteiger partial charge in [0.1, 0.15) is 0 Å². The molecule has 0 saturated carbocycles. The molecule has 3 aromatic rings. The zero-order valence-electron chi connectivity index (χ0n) is 13.8. The maximum absolute atomic E-state index is 2.41. The molecule has 0 saturated heterocycles. The molecule has 0 bridgehead atoms. The second kappa shape index (κ2) is 9.94. The summed E-state index contributed by atoms with van der Waals surface area (Å²) in [5.74, 6) is 0. The highest BCUT2D eigenvalue weighted by Gasteiger charge is 2.08. The Morgan fingerprint density at radius 2 is 1.00 bits per heavy atom. The third kappa shape index (κ3) is 5.24. The topological polar surface area (TPSA) is 3.24 Å². The number of para-hydroxylation sites is 2. The largest absolute Gasteiger partial charge is 0.341 e. The van der Waals surface area contributed by atoms with Crippen molar-refractivity contribution in [1.82, 2.24) is 0 Å². The molecule has 0 atom stereocenters. The minimum absolute atomic E-state index is 0. The molecule has 0 spiro atoms. The molecular weight excluding hydrogens is 358 g/mol. The van der Waals surface area contributed by atoms with Gasteiger partial charge in [-0.05, 0) is 49.1 Å². The van der Waals surface area contributed by atoms with E-state index in [2.05, 4.69) is 95.9 Å². The highest BCUT2D eigenvalue weighted by Crippen LogP contribution is 2.25. The molecule has 124 valence electrons. The first-order valence-electron chi connectivity index (χ1n) is 8.35. The summed E-state index contributed by atoms with van der Waals surface area (Å²) in [6.45, 7) is 1.04. The molecule has 0 fully saturated rings. The highest BCUT2D eigenvalue weighted by molar-refractivity contribution is 8.93. The summed E-state index contributed by atoms with van der Waals surface area (Å²) in [4.78, 5) is 2.41. The van der Waals surface area contributed by atoms with Crippen LogP contribution in [0.3, 0.4) is 0 Å². The summed E-state index contributed by atoms with van der Waals surface area (Å²) in [5.41, 5.74) is 3.95. The van der Waals surface area contributed by atoms with Crippen LogP contribution in [0.4, 0.5) is 11.4 Å². The molecule has 0 unspecified atom stereocenters. The number of hydrogen-bond acceptors (Lipinski definition) is 1. The second-order valence-corrected chi connectivity index (χ2v) is 5.77. The van der Waals surface area contributed by atoms with Gasteiger partial charge in [0.25, 0.3) is 0 Å². The Morgan fingerprint density at radius 1 is 0.542 bits per heavy atom. The Labute approximate surface area is 155 Å². The maximum Gasteiger partial charge on any atom is 0.0410 e. The van der Waals surface area contributed by atoms with Crippen LogP contribution in [0.25, 0.3) is 0 Å². The van der Waals surface area contributed by atoms with E-state index >= 15 is 0 Å². The smallest absolute Gasteiger partial charge is 0.0410 e. The Kier molecular flexibility index (Phi) is 7.57. The van der Waals surface area contributed by atoms with Crippen LogP contribution >= 0.6 is 17.0 Å². The van der Waals surface area contributed by atoms with E-state index in [-0.39, 0.29) is 17.0 Å². The lowest BCUT2D eigenvalue weighted by Gasteiger charge is -2.25. The molecular formula is C22H24BrN. The standard InChI is InChI=1S/C22H23N.BrH/c1-4-12-20(13-5-1)14-10-11-19-23(21-15-6-2-7-16-21)22-17-8-3-9-18-22;/h1-9,12-13,15-18H,10-11,14,19H2;1H. The van der Waals surface area contributed by atoms with E-state index in [0.29, 0.717) is 0 Å². The quantitative estimate of drug-likeness (QED) is 0.426. The van der Waals surface area contributed by atoms with Gasteiger partial charge in [0.15, 0.2) is 0 Å². The Hall–Kier alpha value is -2.06. The number of unbranched alkanes of at least 4 members (excludes halogenated alkanes) is 1. The molecule has 0 aliphatic rings. The number of halogens is 1. The van der Waals surface area contributed by atoms with Crippen molar-refractivity contribution in [2.75, 3.05) is 11.4 Å². The highest BCUT2D eigenvalue weighted by atomic mass is 79.9. The van der Waals surface area contributed by atoms with Crippen molar-refractivity contribution in [3.05, 3.63) is 96.6 Å². The van der Waals surface area contributed by atoms with Gasteiger partial charge in [-0.15, -0.1) is 17.0 Å². The van der Waals surface area contributed by atoms with Crippen LogP contribution in [0.2, 0.25) is 0 Å². The first kappa shape index (κ1) is 18.3. The van der Waals surface area contributed by atoms with E-state index in [1.54, 1.807) is 0 Å². The zero-order chi connectivity index (χ0) is 15.7. The second-order valence-electron chi connectivity index (χ2n) is 5.77. The molecule has 0 N–H and O–H groups in total. The van der Waals surface area contributed by atoms with Crippen LogP contribution in [0.15, 0.2) is 91.0 Å². The van der Waals surface area contributed by atoms with Crippen molar-refractivity contribution in [2.45, 2.75) is 19.3 Å². The first-order valence-corrected chi connectivity index (χ1v) is 8.35. The Bertz CT molecular complexity index is 643. The van der Waals surface area contributed by atoms with Crippen LogP contribution in [0, 0.1) is 0 Å². The number of aryl methyl sites for hydroxylation is 1. The summed E-state index contributed by atoms with van der Waals surface area (Å²) in [6.07, 6.45) is 3.54. The summed E-state index contributed by atoms with van der Waals surface area (Å²) >= 11 is 0. The minimum atomic E-state index is 0. The van der Waals surface area contributed by atoms with Crippen molar-refractivity contribution in [3.63, 3.8) is 0 Å². The minimum Gasteiger partial charge on any atom is -0.341 e. The van der Waals surface area contributed by atoms with E-state index < -0.39 is 0 Å². The number of anilines is 2. The van der Waals surface area contributed by atoms with Crippen LogP contribution in [-0.4, -0.2) is 6.54 Å². The van der Waals surface area contributed by atoms with Gasteiger partial charge in [0.2, 0.25) is 0 Å². The van der Waals surface area contributed by atoms with Crippen LogP contribution < -0.4 is 4.90 Å². The van der Waals surface area contributed by atoms with Crippen LogP contribution in [0.5, 0.6) is 0 Å². The average molecular weight is 382 g/mol. The molecule has 0 aliphatic heterocycles. The average Bonchev–Trinajstić information content (AvgIpc) is 2.64. The molecule has 24 heavy (non-hydrogen) atoms. The van der Waals surface area contributed by atoms with Gasteiger partial charge in [-0.3, -0.25) is 0 Å².